The summed E-state index contributed by atoms with van der Waals surface area (Å²) in [7, 11) is 1.85. The number of benzene rings is 1. The highest BCUT2D eigenvalue weighted by molar-refractivity contribution is 5.83. The fourth-order valence-corrected chi connectivity index (χ4v) is 4.02. The molecule has 3 saturated heterocycles. The number of hydrogen-bond donors (Lipinski definition) is 0. The van der Waals surface area contributed by atoms with Crippen LogP contribution in [0.4, 0.5) is 0 Å². The second-order valence-electron chi connectivity index (χ2n) is 7.50. The first kappa shape index (κ1) is 17.7. The van der Waals surface area contributed by atoms with Crippen LogP contribution in [0.15, 0.2) is 28.8 Å². The number of fused-ring (bicyclic) bond motifs is 4. The maximum atomic E-state index is 12.7. The van der Waals surface area contributed by atoms with Gasteiger partial charge in [0.05, 0.1) is 5.92 Å². The summed E-state index contributed by atoms with van der Waals surface area (Å²) < 4.78 is 5.33. The molecule has 0 unspecified atom stereocenters. The number of amides is 2. The van der Waals surface area contributed by atoms with Gasteiger partial charge >= 0.3 is 0 Å². The lowest BCUT2D eigenvalue weighted by molar-refractivity contribution is -0.138. The lowest BCUT2D eigenvalue weighted by atomic mass is 9.95. The third kappa shape index (κ3) is 3.46. The van der Waals surface area contributed by atoms with Gasteiger partial charge in [0, 0.05) is 44.6 Å². The van der Waals surface area contributed by atoms with E-state index in [1.165, 1.54) is 0 Å². The Hall–Kier alpha value is -2.70. The number of nitrogens with zero attached hydrogens (tertiary/aromatic N) is 4. The Morgan fingerprint density at radius 1 is 1.26 bits per heavy atom. The number of likely N-dealkylation sites (N-methyl/N-ethyl adjacent to an activating group) is 1. The largest absolute Gasteiger partial charge is 0.341 e. The summed E-state index contributed by atoms with van der Waals surface area (Å²) in [5, 5.41) is 4.04. The van der Waals surface area contributed by atoms with Crippen LogP contribution in [-0.2, 0) is 16.0 Å². The minimum atomic E-state index is -0.0613. The van der Waals surface area contributed by atoms with Crippen molar-refractivity contribution in [1.82, 2.24) is 19.9 Å². The van der Waals surface area contributed by atoms with Crippen LogP contribution in [0.2, 0.25) is 0 Å². The molecule has 2 amide bonds. The number of piperidine rings is 1. The van der Waals surface area contributed by atoms with Crippen LogP contribution in [0, 0.1) is 12.8 Å². The zero-order valence-electron chi connectivity index (χ0n) is 15.7. The van der Waals surface area contributed by atoms with Crippen molar-refractivity contribution in [2.45, 2.75) is 38.6 Å². The second-order valence-corrected chi connectivity index (χ2v) is 7.50. The Labute approximate surface area is 158 Å². The summed E-state index contributed by atoms with van der Waals surface area (Å²) in [5.74, 6) is 1.17. The molecular weight excluding hydrogens is 344 g/mol. The molecule has 1 aromatic carbocycles. The zero-order chi connectivity index (χ0) is 19.0. The van der Waals surface area contributed by atoms with Crippen molar-refractivity contribution in [3.05, 3.63) is 35.7 Å². The van der Waals surface area contributed by atoms with Crippen LogP contribution in [0.5, 0.6) is 0 Å². The van der Waals surface area contributed by atoms with Gasteiger partial charge in [-0.3, -0.25) is 9.59 Å². The highest BCUT2D eigenvalue weighted by Crippen LogP contribution is 2.28. The lowest BCUT2D eigenvalue weighted by Gasteiger charge is -2.32. The van der Waals surface area contributed by atoms with E-state index >= 15 is 0 Å². The van der Waals surface area contributed by atoms with Crippen molar-refractivity contribution in [3.63, 3.8) is 0 Å². The van der Waals surface area contributed by atoms with E-state index in [9.17, 15) is 9.59 Å². The van der Waals surface area contributed by atoms with Crippen molar-refractivity contribution >= 4 is 11.8 Å². The summed E-state index contributed by atoms with van der Waals surface area (Å²) in [6.45, 7) is 3.15. The molecule has 2 bridgehead atoms. The first-order valence-corrected chi connectivity index (χ1v) is 9.46. The number of aromatic nitrogens is 2. The van der Waals surface area contributed by atoms with Gasteiger partial charge in [-0.1, -0.05) is 29.4 Å². The van der Waals surface area contributed by atoms with Crippen LogP contribution in [-0.4, -0.2) is 57.9 Å². The average Bonchev–Trinajstić information content (AvgIpc) is 2.97. The smallest absolute Gasteiger partial charge is 0.227 e. The highest BCUT2D eigenvalue weighted by atomic mass is 16.5. The SMILES string of the molecule is Cc1ccccc1-c1noc(CCC(=O)N2C[C@@H]3CC[C@H](C2)N(C)C3=O)n1. The van der Waals surface area contributed by atoms with Gasteiger partial charge in [0.15, 0.2) is 0 Å². The van der Waals surface area contributed by atoms with Crippen LogP contribution < -0.4 is 0 Å². The molecular formula is C20H24N4O3. The molecule has 5 rings (SSSR count). The second kappa shape index (κ2) is 7.13. The molecule has 3 aliphatic rings. The molecule has 1 aromatic heterocycles. The molecule has 142 valence electrons. The number of carbonyl (C=O) groups excluding carboxylic acids is 2. The van der Waals surface area contributed by atoms with Crippen LogP contribution in [0.1, 0.15) is 30.7 Å². The molecule has 0 spiro atoms. The molecule has 7 heteroatoms. The molecule has 0 saturated carbocycles. The van der Waals surface area contributed by atoms with Crippen LogP contribution >= 0.6 is 0 Å². The van der Waals surface area contributed by atoms with Crippen molar-refractivity contribution in [3.8, 4) is 11.4 Å². The summed E-state index contributed by atoms with van der Waals surface area (Å²) in [5.41, 5.74) is 2.01. The van der Waals surface area contributed by atoms with Gasteiger partial charge in [0.2, 0.25) is 23.5 Å². The van der Waals surface area contributed by atoms with E-state index in [4.69, 9.17) is 4.52 Å². The molecule has 4 heterocycles. The first-order chi connectivity index (χ1) is 13.0. The van der Waals surface area contributed by atoms with Gasteiger partial charge in [-0.15, -0.1) is 0 Å². The molecule has 7 nitrogen and oxygen atoms in total. The van der Waals surface area contributed by atoms with E-state index in [1.54, 1.807) is 0 Å². The molecule has 0 radical (unpaired) electrons. The minimum absolute atomic E-state index is 0.0469. The highest BCUT2D eigenvalue weighted by Gasteiger charge is 2.39. The van der Waals surface area contributed by atoms with Crippen molar-refractivity contribution in [2.24, 2.45) is 5.92 Å². The molecule has 3 aliphatic heterocycles. The quantitative estimate of drug-likeness (QED) is 0.825. The summed E-state index contributed by atoms with van der Waals surface area (Å²) in [4.78, 5) is 33.0. The topological polar surface area (TPSA) is 79.5 Å². The number of hydrogen-bond acceptors (Lipinski definition) is 5. The first-order valence-electron chi connectivity index (χ1n) is 9.46. The molecule has 2 aromatic rings. The van der Waals surface area contributed by atoms with Gasteiger partial charge < -0.3 is 14.3 Å². The maximum absolute atomic E-state index is 12.7. The normalized spacial score (nSPS) is 22.2. The van der Waals surface area contributed by atoms with Crippen LogP contribution in [0.3, 0.4) is 0 Å². The van der Waals surface area contributed by atoms with Crippen molar-refractivity contribution in [1.29, 1.82) is 0 Å². The van der Waals surface area contributed by atoms with Gasteiger partial charge in [0.25, 0.3) is 0 Å². The summed E-state index contributed by atoms with van der Waals surface area (Å²) >= 11 is 0. The van der Waals surface area contributed by atoms with E-state index in [2.05, 4.69) is 10.1 Å². The standard InChI is InChI=1S/C20H24N4O3/c1-13-5-3-4-6-16(13)19-21-17(27-22-19)9-10-18(25)24-11-14-7-8-15(12-24)23(2)20(14)26/h3-6,14-15H,7-12H2,1-2H3/t14-,15+/m0/s1. The molecule has 0 aliphatic carbocycles. The predicted molar refractivity (Wildman–Crippen MR) is 98.7 cm³/mol. The Kier molecular flexibility index (Phi) is 4.68. The van der Waals surface area contributed by atoms with Crippen molar-refractivity contribution in [2.75, 3.05) is 20.1 Å². The van der Waals surface area contributed by atoms with Crippen molar-refractivity contribution < 1.29 is 14.1 Å². The van der Waals surface area contributed by atoms with E-state index in [-0.39, 0.29) is 23.8 Å². The lowest BCUT2D eigenvalue weighted by Crippen LogP contribution is -2.45. The Bertz CT molecular complexity index is 862. The van der Waals surface area contributed by atoms with E-state index in [0.29, 0.717) is 37.6 Å². The summed E-state index contributed by atoms with van der Waals surface area (Å²) in [6, 6.07) is 8.00. The van der Waals surface area contributed by atoms with E-state index in [0.717, 1.165) is 24.0 Å². The average molecular weight is 368 g/mol. The predicted octanol–water partition coefficient (Wildman–Crippen LogP) is 2.06. The van der Waals surface area contributed by atoms with Gasteiger partial charge in [0.1, 0.15) is 0 Å². The molecule has 27 heavy (non-hydrogen) atoms. The number of aryl methyl sites for hydroxylation is 2. The Morgan fingerprint density at radius 2 is 2.07 bits per heavy atom. The fourth-order valence-electron chi connectivity index (χ4n) is 4.02. The molecule has 2 atom stereocenters. The molecule has 3 fully saturated rings. The maximum Gasteiger partial charge on any atom is 0.227 e. The van der Waals surface area contributed by atoms with E-state index in [1.807, 2.05) is 48.0 Å². The van der Waals surface area contributed by atoms with Crippen LogP contribution in [0.25, 0.3) is 11.4 Å². The summed E-state index contributed by atoms with van der Waals surface area (Å²) in [6.07, 6.45) is 2.57. The monoisotopic (exact) mass is 368 g/mol. The molecule has 0 N–H and O–H groups in total. The third-order valence-corrected chi connectivity index (χ3v) is 5.72. The van der Waals surface area contributed by atoms with Gasteiger partial charge in [-0.2, -0.15) is 4.98 Å². The third-order valence-electron chi connectivity index (χ3n) is 5.72. The Balaban J connectivity index is 1.39. The van der Waals surface area contributed by atoms with E-state index < -0.39 is 0 Å². The fraction of sp³-hybridized carbons (Fsp3) is 0.500. The zero-order valence-corrected chi connectivity index (χ0v) is 15.7. The minimum Gasteiger partial charge on any atom is -0.341 e. The number of rotatable bonds is 4. The Morgan fingerprint density at radius 3 is 2.89 bits per heavy atom. The van der Waals surface area contributed by atoms with Gasteiger partial charge in [-0.05, 0) is 25.3 Å². The van der Waals surface area contributed by atoms with Gasteiger partial charge in [-0.25, -0.2) is 0 Å². The number of carbonyl (C=O) groups is 2.